The van der Waals surface area contributed by atoms with Crippen molar-refractivity contribution < 1.29 is 1.37 Å². The maximum Gasteiger partial charge on any atom is 0.0293 e. The third-order valence-corrected chi connectivity index (χ3v) is 0.577. The van der Waals surface area contributed by atoms with Crippen LogP contribution in [0.1, 0.15) is 7.77 Å². The Bertz CT molecular complexity index is 33.9. The Balaban J connectivity index is 2.08. The van der Waals surface area contributed by atoms with E-state index >= 15 is 0 Å². The Kier molecular flexibility index (Phi) is 0.256. The first-order valence-electron chi connectivity index (χ1n) is 2.10. The lowest BCUT2D eigenvalue weighted by Gasteiger charge is -2.09. The highest BCUT2D eigenvalue weighted by atomic mass is 14.9. The van der Waals surface area contributed by atoms with Crippen LogP contribution in [-0.2, 0) is 0 Å². The Morgan fingerprint density at radius 1 is 1.75 bits per heavy atom. The molecule has 1 aliphatic rings. The van der Waals surface area contributed by atoms with Crippen LogP contribution in [0.5, 0.6) is 0 Å². The first kappa shape index (κ1) is 1.41. The maximum atomic E-state index is 6.85. The van der Waals surface area contributed by atoms with Gasteiger partial charge in [0.1, 0.15) is 0 Å². The van der Waals surface area contributed by atoms with E-state index in [9.17, 15) is 0 Å². The molecule has 24 valence electrons. The second-order valence-electron chi connectivity index (χ2n) is 0.947. The van der Waals surface area contributed by atoms with E-state index < -0.39 is 0 Å². The van der Waals surface area contributed by atoms with Gasteiger partial charge in [0.15, 0.2) is 0 Å². The fourth-order valence-corrected chi connectivity index (χ4v) is 0.144. The van der Waals surface area contributed by atoms with E-state index in [0.29, 0.717) is 0 Å². The average Bonchev–Trinajstić information content (AvgIpc) is 1.30. The van der Waals surface area contributed by atoms with E-state index in [-0.39, 0.29) is 6.40 Å². The summed E-state index contributed by atoms with van der Waals surface area (Å²) in [5.41, 5.74) is 0. The minimum atomic E-state index is 0.204. The summed E-state index contributed by atoms with van der Waals surface area (Å²) >= 11 is 0. The summed E-state index contributed by atoms with van der Waals surface area (Å²) in [6.45, 7) is 1.81. The van der Waals surface area contributed by atoms with Gasteiger partial charge in [-0.3, -0.25) is 0 Å². The molecule has 0 spiro atoms. The largest absolute Gasteiger partial charge is 0.317 e. The van der Waals surface area contributed by atoms with Gasteiger partial charge in [-0.05, 0) is 19.5 Å². The predicted molar refractivity (Wildman–Crippen MR) is 17.5 cm³/mol. The summed E-state index contributed by atoms with van der Waals surface area (Å²) in [6.07, 6.45) is 0.204. The van der Waals surface area contributed by atoms with Gasteiger partial charge in [0, 0.05) is 1.37 Å². The number of hydrogen-bond donors (Lipinski definition) is 1. The lowest BCUT2D eigenvalue weighted by atomic mass is 10.3. The fourth-order valence-electron chi connectivity index (χ4n) is 0.144. The molecule has 0 aromatic carbocycles. The van der Waals surface area contributed by atoms with Gasteiger partial charge in [-0.15, -0.1) is 0 Å². The van der Waals surface area contributed by atoms with Gasteiger partial charge in [0.05, 0.1) is 0 Å². The van der Waals surface area contributed by atoms with Crippen LogP contribution in [0.3, 0.4) is 0 Å². The molecule has 0 unspecified atom stereocenters. The van der Waals surface area contributed by atoms with Crippen LogP contribution in [-0.4, -0.2) is 13.1 Å². The van der Waals surface area contributed by atoms with Crippen molar-refractivity contribution in [2.24, 2.45) is 0 Å². The molecule has 1 nitrogen and oxygen atoms in total. The van der Waals surface area contributed by atoms with Crippen molar-refractivity contribution in [3.05, 3.63) is 0 Å². The van der Waals surface area contributed by atoms with Crippen LogP contribution in [0, 0.1) is 0 Å². The molecule has 0 atom stereocenters. The van der Waals surface area contributed by atoms with Crippen LogP contribution < -0.4 is 5.32 Å². The third kappa shape index (κ3) is 0.115. The smallest absolute Gasteiger partial charge is 0.0293 e. The highest BCUT2D eigenvalue weighted by Crippen LogP contribution is 1.80. The topological polar surface area (TPSA) is 12.0 Å². The highest BCUT2D eigenvalue weighted by molar-refractivity contribution is 4.56. The zero-order chi connectivity index (χ0) is 3.70. The molecule has 0 aromatic rings. The Hall–Kier alpha value is -0.0400. The summed E-state index contributed by atoms with van der Waals surface area (Å²) in [4.78, 5) is 0. The molecule has 1 aliphatic heterocycles. The summed E-state index contributed by atoms with van der Waals surface area (Å²) in [5, 5.41) is 2.97. The first-order valence-corrected chi connectivity index (χ1v) is 1.52. The molecule has 1 rings (SSSR count). The molecule has 0 radical (unpaired) electrons. The summed E-state index contributed by atoms with van der Waals surface area (Å²) in [6, 6.07) is 0. The van der Waals surface area contributed by atoms with Gasteiger partial charge in [-0.2, -0.15) is 0 Å². The summed E-state index contributed by atoms with van der Waals surface area (Å²) in [5.74, 6) is 0. The van der Waals surface area contributed by atoms with E-state index in [4.69, 9.17) is 1.37 Å². The monoisotopic (exact) mass is 58.1 g/mol. The lowest BCUT2D eigenvalue weighted by molar-refractivity contribution is 0.527. The molecule has 0 saturated carbocycles. The van der Waals surface area contributed by atoms with Gasteiger partial charge >= 0.3 is 0 Å². The quantitative estimate of drug-likeness (QED) is 0.412. The van der Waals surface area contributed by atoms with Gasteiger partial charge in [0.25, 0.3) is 0 Å². The molecule has 0 bridgehead atoms. The van der Waals surface area contributed by atoms with Crippen LogP contribution in [0.2, 0.25) is 0 Å². The van der Waals surface area contributed by atoms with E-state index in [0.717, 1.165) is 13.1 Å². The maximum absolute atomic E-state index is 6.85. The molecule has 0 aromatic heterocycles. The first-order chi connectivity index (χ1) is 2.39. The number of nitrogens with one attached hydrogen (secondary N) is 1. The van der Waals surface area contributed by atoms with Crippen LogP contribution in [0.15, 0.2) is 0 Å². The molecular formula is C3H7N. The van der Waals surface area contributed by atoms with E-state index in [1.54, 1.807) is 0 Å². The minimum Gasteiger partial charge on any atom is -0.317 e. The standard InChI is InChI=1S/C3H7N/c1-2-4-3-1/h4H,1-3H2/i1D. The van der Waals surface area contributed by atoms with Crippen molar-refractivity contribution >= 4 is 0 Å². The Labute approximate surface area is 27.4 Å². The molecule has 0 amide bonds. The van der Waals surface area contributed by atoms with Crippen molar-refractivity contribution in [3.8, 4) is 0 Å². The van der Waals surface area contributed by atoms with Gasteiger partial charge in [-0.1, -0.05) is 0 Å². The fraction of sp³-hybridized carbons (Fsp3) is 1.00. The van der Waals surface area contributed by atoms with Crippen molar-refractivity contribution in [2.75, 3.05) is 13.1 Å². The Morgan fingerprint density at radius 3 is 2.25 bits per heavy atom. The number of hydrogen-bond acceptors (Lipinski definition) is 1. The Morgan fingerprint density at radius 2 is 2.25 bits per heavy atom. The molecule has 1 heteroatoms. The molecule has 1 N–H and O–H groups in total. The molecule has 1 saturated heterocycles. The van der Waals surface area contributed by atoms with Crippen molar-refractivity contribution in [1.82, 2.24) is 5.32 Å². The van der Waals surface area contributed by atoms with E-state index in [1.807, 2.05) is 0 Å². The average molecular weight is 58.1 g/mol. The van der Waals surface area contributed by atoms with E-state index in [1.165, 1.54) is 0 Å². The van der Waals surface area contributed by atoms with Crippen molar-refractivity contribution in [3.63, 3.8) is 0 Å². The second kappa shape index (κ2) is 0.725. The third-order valence-electron chi connectivity index (χ3n) is 0.577. The normalized spacial score (nSPS) is 32.5. The highest BCUT2D eigenvalue weighted by Gasteiger charge is 1.92. The van der Waals surface area contributed by atoms with E-state index in [2.05, 4.69) is 5.32 Å². The molecule has 4 heavy (non-hydrogen) atoms. The summed E-state index contributed by atoms with van der Waals surface area (Å²) < 4.78 is 6.85. The molecular weight excluding hydrogens is 50.0 g/mol. The predicted octanol–water partition coefficient (Wildman–Crippen LogP) is -0.0203. The molecule has 1 fully saturated rings. The molecule has 1 heterocycles. The SMILES string of the molecule is [2H]C1CNC1. The zero-order valence-electron chi connectivity index (χ0n) is 3.49. The van der Waals surface area contributed by atoms with Crippen LogP contribution in [0.25, 0.3) is 0 Å². The second-order valence-corrected chi connectivity index (χ2v) is 0.947. The van der Waals surface area contributed by atoms with Gasteiger partial charge in [-0.25, -0.2) is 0 Å². The molecule has 0 aliphatic carbocycles. The van der Waals surface area contributed by atoms with Gasteiger partial charge < -0.3 is 5.32 Å². The lowest BCUT2D eigenvalue weighted by Crippen LogP contribution is -2.29. The van der Waals surface area contributed by atoms with Crippen LogP contribution >= 0.6 is 0 Å². The van der Waals surface area contributed by atoms with Crippen molar-refractivity contribution in [1.29, 1.82) is 0 Å². The summed E-state index contributed by atoms with van der Waals surface area (Å²) in [7, 11) is 0. The van der Waals surface area contributed by atoms with Crippen LogP contribution in [0.4, 0.5) is 0 Å². The number of rotatable bonds is 0. The zero-order valence-corrected chi connectivity index (χ0v) is 2.49. The van der Waals surface area contributed by atoms with Gasteiger partial charge in [0.2, 0.25) is 0 Å². The minimum absolute atomic E-state index is 0.204. The van der Waals surface area contributed by atoms with Crippen molar-refractivity contribution in [2.45, 2.75) is 6.40 Å².